The molecule has 1 amide bonds. The smallest absolute Gasteiger partial charge is 0.239 e. The SMILES string of the molecule is C[C@H]1OCCN[C@@H]1C(=O)NCC1(c2ccc3c(c2)OCO3)CCOCC1. The van der Waals surface area contributed by atoms with E-state index in [0.717, 1.165) is 29.9 Å². The van der Waals surface area contributed by atoms with Crippen LogP contribution in [-0.4, -0.2) is 57.8 Å². The molecule has 0 aliphatic carbocycles. The van der Waals surface area contributed by atoms with Crippen molar-refractivity contribution in [2.45, 2.75) is 37.3 Å². The first kappa shape index (κ1) is 17.6. The first-order chi connectivity index (χ1) is 12.7. The Morgan fingerprint density at radius 1 is 1.23 bits per heavy atom. The number of carbonyl (C=O) groups excluding carboxylic acids is 1. The van der Waals surface area contributed by atoms with E-state index >= 15 is 0 Å². The molecule has 1 aromatic rings. The van der Waals surface area contributed by atoms with Gasteiger partial charge in [-0.05, 0) is 37.5 Å². The maximum absolute atomic E-state index is 12.7. The third-order valence-electron chi connectivity index (χ3n) is 5.63. The summed E-state index contributed by atoms with van der Waals surface area (Å²) in [6.07, 6.45) is 1.59. The van der Waals surface area contributed by atoms with Crippen molar-refractivity contribution in [3.63, 3.8) is 0 Å². The third kappa shape index (κ3) is 3.39. The molecule has 2 atom stereocenters. The zero-order chi connectivity index (χ0) is 18.0. The Bertz CT molecular complexity index is 659. The second-order valence-corrected chi connectivity index (χ2v) is 7.19. The van der Waals surface area contributed by atoms with Crippen LogP contribution in [0.2, 0.25) is 0 Å². The zero-order valence-corrected chi connectivity index (χ0v) is 15.1. The molecular weight excluding hydrogens is 336 g/mol. The molecule has 2 fully saturated rings. The van der Waals surface area contributed by atoms with Crippen LogP contribution in [-0.2, 0) is 19.7 Å². The maximum atomic E-state index is 12.7. The molecule has 0 spiro atoms. The van der Waals surface area contributed by atoms with Gasteiger partial charge in [-0.15, -0.1) is 0 Å². The maximum Gasteiger partial charge on any atom is 0.239 e. The van der Waals surface area contributed by atoms with E-state index in [1.54, 1.807) is 0 Å². The molecule has 0 saturated carbocycles. The van der Waals surface area contributed by atoms with Crippen LogP contribution in [0.3, 0.4) is 0 Å². The molecule has 7 heteroatoms. The van der Waals surface area contributed by atoms with Crippen molar-refractivity contribution in [1.29, 1.82) is 0 Å². The number of rotatable bonds is 4. The van der Waals surface area contributed by atoms with Crippen LogP contribution in [0.15, 0.2) is 18.2 Å². The Labute approximate surface area is 153 Å². The van der Waals surface area contributed by atoms with Crippen LogP contribution >= 0.6 is 0 Å². The summed E-state index contributed by atoms with van der Waals surface area (Å²) in [6.45, 7) is 5.47. The zero-order valence-electron chi connectivity index (χ0n) is 15.1. The molecule has 3 aliphatic heterocycles. The van der Waals surface area contributed by atoms with Crippen molar-refractivity contribution in [2.75, 3.05) is 39.7 Å². The van der Waals surface area contributed by atoms with E-state index in [4.69, 9.17) is 18.9 Å². The molecule has 0 radical (unpaired) electrons. The minimum absolute atomic E-state index is 0.0104. The van der Waals surface area contributed by atoms with Gasteiger partial charge in [0.1, 0.15) is 6.04 Å². The largest absolute Gasteiger partial charge is 0.454 e. The van der Waals surface area contributed by atoms with Gasteiger partial charge in [-0.1, -0.05) is 6.07 Å². The number of morpholine rings is 1. The van der Waals surface area contributed by atoms with Crippen molar-refractivity contribution >= 4 is 5.91 Å². The minimum atomic E-state index is -0.308. The number of ether oxygens (including phenoxy) is 4. The lowest BCUT2D eigenvalue weighted by molar-refractivity contribution is -0.129. The summed E-state index contributed by atoms with van der Waals surface area (Å²) in [4.78, 5) is 12.7. The number of hydrogen-bond donors (Lipinski definition) is 2. The van der Waals surface area contributed by atoms with Crippen LogP contribution in [0.1, 0.15) is 25.3 Å². The second kappa shape index (κ2) is 7.42. The molecular formula is C19H26N2O5. The number of nitrogens with one attached hydrogen (secondary N) is 2. The molecule has 0 aromatic heterocycles. The van der Waals surface area contributed by atoms with E-state index in [1.807, 2.05) is 19.1 Å². The molecule has 0 unspecified atom stereocenters. The molecule has 0 bridgehead atoms. The van der Waals surface area contributed by atoms with Gasteiger partial charge in [0.25, 0.3) is 0 Å². The summed E-state index contributed by atoms with van der Waals surface area (Å²) in [5, 5.41) is 6.39. The van der Waals surface area contributed by atoms with Crippen molar-refractivity contribution in [2.24, 2.45) is 0 Å². The number of carbonyl (C=O) groups is 1. The first-order valence-corrected chi connectivity index (χ1v) is 9.29. The highest BCUT2D eigenvalue weighted by atomic mass is 16.7. The van der Waals surface area contributed by atoms with Gasteiger partial charge < -0.3 is 29.6 Å². The van der Waals surface area contributed by atoms with Crippen LogP contribution < -0.4 is 20.1 Å². The number of fused-ring (bicyclic) bond motifs is 1. The van der Waals surface area contributed by atoms with Gasteiger partial charge in [-0.3, -0.25) is 4.79 Å². The number of amides is 1. The van der Waals surface area contributed by atoms with Crippen molar-refractivity contribution in [3.05, 3.63) is 23.8 Å². The van der Waals surface area contributed by atoms with Gasteiger partial charge in [0.15, 0.2) is 11.5 Å². The van der Waals surface area contributed by atoms with Gasteiger partial charge in [0.2, 0.25) is 12.7 Å². The van der Waals surface area contributed by atoms with E-state index in [2.05, 4.69) is 16.7 Å². The second-order valence-electron chi connectivity index (χ2n) is 7.19. The number of hydrogen-bond acceptors (Lipinski definition) is 6. The minimum Gasteiger partial charge on any atom is -0.454 e. The summed E-state index contributed by atoms with van der Waals surface area (Å²) in [6, 6.07) is 5.77. The summed E-state index contributed by atoms with van der Waals surface area (Å²) in [7, 11) is 0. The molecule has 2 N–H and O–H groups in total. The lowest BCUT2D eigenvalue weighted by Gasteiger charge is -2.39. The summed E-state index contributed by atoms with van der Waals surface area (Å²) >= 11 is 0. The summed E-state index contributed by atoms with van der Waals surface area (Å²) < 4.78 is 22.1. The van der Waals surface area contributed by atoms with E-state index in [-0.39, 0.29) is 30.3 Å². The van der Waals surface area contributed by atoms with Crippen LogP contribution in [0.4, 0.5) is 0 Å². The highest BCUT2D eigenvalue weighted by Gasteiger charge is 2.37. The fourth-order valence-corrected chi connectivity index (χ4v) is 3.95. The molecule has 4 rings (SSSR count). The average molecular weight is 362 g/mol. The highest BCUT2D eigenvalue weighted by Crippen LogP contribution is 2.40. The van der Waals surface area contributed by atoms with E-state index in [9.17, 15) is 4.79 Å². The topological polar surface area (TPSA) is 78.1 Å². The van der Waals surface area contributed by atoms with E-state index in [0.29, 0.717) is 32.9 Å². The molecule has 3 aliphatic rings. The lowest BCUT2D eigenvalue weighted by atomic mass is 9.74. The van der Waals surface area contributed by atoms with Crippen molar-refractivity contribution < 1.29 is 23.7 Å². The number of benzene rings is 1. The standard InChI is InChI=1S/C19H26N2O5/c1-13-17(20-6-9-24-13)18(22)21-11-19(4-7-23-8-5-19)14-2-3-15-16(10-14)26-12-25-15/h2-3,10,13,17,20H,4-9,11-12H2,1H3,(H,21,22)/t13-,17+/m1/s1. The van der Waals surface area contributed by atoms with Gasteiger partial charge in [-0.2, -0.15) is 0 Å². The van der Waals surface area contributed by atoms with Crippen molar-refractivity contribution in [3.8, 4) is 11.5 Å². The Balaban J connectivity index is 1.50. The predicted octanol–water partition coefficient (Wildman–Crippen LogP) is 0.957. The molecule has 1 aromatic carbocycles. The Morgan fingerprint density at radius 3 is 2.85 bits per heavy atom. The molecule has 3 heterocycles. The first-order valence-electron chi connectivity index (χ1n) is 9.29. The molecule has 142 valence electrons. The van der Waals surface area contributed by atoms with Crippen molar-refractivity contribution in [1.82, 2.24) is 10.6 Å². The van der Waals surface area contributed by atoms with E-state index in [1.165, 1.54) is 0 Å². The molecule has 2 saturated heterocycles. The lowest BCUT2D eigenvalue weighted by Crippen LogP contribution is -2.57. The average Bonchev–Trinajstić information content (AvgIpc) is 3.15. The predicted molar refractivity (Wildman–Crippen MR) is 94.5 cm³/mol. The monoisotopic (exact) mass is 362 g/mol. The fraction of sp³-hybridized carbons (Fsp3) is 0.632. The van der Waals surface area contributed by atoms with Crippen LogP contribution in [0.25, 0.3) is 0 Å². The fourth-order valence-electron chi connectivity index (χ4n) is 3.95. The summed E-state index contributed by atoms with van der Waals surface area (Å²) in [5.74, 6) is 1.54. The Morgan fingerprint density at radius 2 is 2.04 bits per heavy atom. The molecule has 7 nitrogen and oxygen atoms in total. The highest BCUT2D eigenvalue weighted by molar-refractivity contribution is 5.82. The van der Waals surface area contributed by atoms with Gasteiger partial charge in [0.05, 0.1) is 12.7 Å². The van der Waals surface area contributed by atoms with Crippen LogP contribution in [0.5, 0.6) is 11.5 Å². The van der Waals surface area contributed by atoms with Gasteiger partial charge in [0, 0.05) is 31.7 Å². The third-order valence-corrected chi connectivity index (χ3v) is 5.63. The Kier molecular flexibility index (Phi) is 5.02. The molecule has 26 heavy (non-hydrogen) atoms. The quantitative estimate of drug-likeness (QED) is 0.831. The van der Waals surface area contributed by atoms with Gasteiger partial charge >= 0.3 is 0 Å². The summed E-state index contributed by atoms with van der Waals surface area (Å²) in [5.41, 5.74) is 0.999. The van der Waals surface area contributed by atoms with Gasteiger partial charge in [-0.25, -0.2) is 0 Å². The normalized spacial score (nSPS) is 27.1. The Hall–Kier alpha value is -1.83. The van der Waals surface area contributed by atoms with Crippen LogP contribution in [0, 0.1) is 0 Å². The van der Waals surface area contributed by atoms with E-state index < -0.39 is 0 Å².